The zero-order valence-corrected chi connectivity index (χ0v) is 12.1. The van der Waals surface area contributed by atoms with Crippen LogP contribution in [0.1, 0.15) is 40.2 Å². The fraction of sp³-hybridized carbons (Fsp3) is 0.333. The van der Waals surface area contributed by atoms with Gasteiger partial charge in [-0.3, -0.25) is 0 Å². The molecular weight excluding hydrogens is 262 g/mol. The summed E-state index contributed by atoms with van der Waals surface area (Å²) in [6.45, 7) is 3.07. The average Bonchev–Trinajstić information content (AvgIpc) is 2.48. The van der Waals surface area contributed by atoms with Crippen LogP contribution in [0.5, 0.6) is 11.5 Å². The molecular formula is C18H19NO2. The van der Waals surface area contributed by atoms with Gasteiger partial charge in [-0.1, -0.05) is 18.2 Å². The van der Waals surface area contributed by atoms with Gasteiger partial charge in [-0.05, 0) is 59.7 Å². The van der Waals surface area contributed by atoms with Crippen LogP contribution in [0, 0.1) is 6.92 Å². The molecule has 2 aromatic carbocycles. The van der Waals surface area contributed by atoms with Gasteiger partial charge in [0.05, 0.1) is 0 Å². The summed E-state index contributed by atoms with van der Waals surface area (Å²) < 4.78 is 0. The number of phenolic OH excluding ortho intramolecular Hbond substituents is 2. The molecule has 108 valence electrons. The van der Waals surface area contributed by atoms with Gasteiger partial charge < -0.3 is 15.5 Å². The fourth-order valence-corrected chi connectivity index (χ4v) is 3.93. The standard InChI is InChI=1S/C18H19NO2/c1-10-3-2-4-12-14(10)9-19-15-6-5-11-7-16(20)17(21)8-13(11)18(12)15/h2-4,7-8,15,18-21H,5-6,9H2,1H3/t15-,18+/m1/s1. The molecule has 2 aliphatic rings. The summed E-state index contributed by atoms with van der Waals surface area (Å²) in [6.07, 6.45) is 2.01. The first kappa shape index (κ1) is 12.7. The van der Waals surface area contributed by atoms with Gasteiger partial charge in [0.2, 0.25) is 0 Å². The number of rotatable bonds is 0. The van der Waals surface area contributed by atoms with Gasteiger partial charge in [-0.2, -0.15) is 0 Å². The van der Waals surface area contributed by atoms with Crippen molar-refractivity contribution in [3.63, 3.8) is 0 Å². The predicted octanol–water partition coefficient (Wildman–Crippen LogP) is 2.96. The van der Waals surface area contributed by atoms with Gasteiger partial charge in [0.1, 0.15) is 0 Å². The number of hydrogen-bond acceptors (Lipinski definition) is 3. The molecule has 0 bridgehead atoms. The third-order valence-electron chi connectivity index (χ3n) is 5.02. The van der Waals surface area contributed by atoms with E-state index in [9.17, 15) is 10.2 Å². The Hall–Kier alpha value is -2.00. The van der Waals surface area contributed by atoms with Crippen LogP contribution in [-0.2, 0) is 13.0 Å². The van der Waals surface area contributed by atoms with Gasteiger partial charge >= 0.3 is 0 Å². The van der Waals surface area contributed by atoms with Crippen LogP contribution in [0.3, 0.4) is 0 Å². The highest BCUT2D eigenvalue weighted by molar-refractivity contribution is 5.54. The number of fused-ring (bicyclic) bond motifs is 5. The van der Waals surface area contributed by atoms with Crippen LogP contribution >= 0.6 is 0 Å². The van der Waals surface area contributed by atoms with Crippen molar-refractivity contribution in [1.29, 1.82) is 0 Å². The normalized spacial score (nSPS) is 23.1. The molecule has 1 aliphatic carbocycles. The van der Waals surface area contributed by atoms with Gasteiger partial charge in [-0.25, -0.2) is 0 Å². The molecule has 1 aliphatic heterocycles. The monoisotopic (exact) mass is 281 g/mol. The number of aryl methyl sites for hydroxylation is 2. The average molecular weight is 281 g/mol. The van der Waals surface area contributed by atoms with E-state index in [0.29, 0.717) is 6.04 Å². The van der Waals surface area contributed by atoms with E-state index in [1.54, 1.807) is 12.1 Å². The van der Waals surface area contributed by atoms with Crippen molar-refractivity contribution in [1.82, 2.24) is 5.32 Å². The smallest absolute Gasteiger partial charge is 0.157 e. The van der Waals surface area contributed by atoms with Crippen molar-refractivity contribution in [3.05, 3.63) is 58.1 Å². The van der Waals surface area contributed by atoms with Crippen LogP contribution in [0.4, 0.5) is 0 Å². The summed E-state index contributed by atoms with van der Waals surface area (Å²) in [7, 11) is 0. The van der Waals surface area contributed by atoms with Crippen molar-refractivity contribution in [3.8, 4) is 11.5 Å². The van der Waals surface area contributed by atoms with E-state index in [4.69, 9.17) is 0 Å². The maximum Gasteiger partial charge on any atom is 0.157 e. The molecule has 0 saturated carbocycles. The molecule has 0 amide bonds. The highest BCUT2D eigenvalue weighted by atomic mass is 16.3. The van der Waals surface area contributed by atoms with Crippen LogP contribution < -0.4 is 5.32 Å². The van der Waals surface area contributed by atoms with Crippen molar-refractivity contribution in [2.24, 2.45) is 0 Å². The van der Waals surface area contributed by atoms with Crippen molar-refractivity contribution < 1.29 is 10.2 Å². The number of hydrogen-bond donors (Lipinski definition) is 3. The molecule has 0 spiro atoms. The lowest BCUT2D eigenvalue weighted by atomic mass is 9.72. The summed E-state index contributed by atoms with van der Waals surface area (Å²) in [6, 6.07) is 10.4. The zero-order chi connectivity index (χ0) is 14.6. The second-order valence-electron chi connectivity index (χ2n) is 6.19. The third-order valence-corrected chi connectivity index (χ3v) is 5.02. The summed E-state index contributed by atoms with van der Waals surface area (Å²) in [5.41, 5.74) is 6.36. The Morgan fingerprint density at radius 3 is 2.76 bits per heavy atom. The first-order valence-electron chi connectivity index (χ1n) is 7.51. The Morgan fingerprint density at radius 1 is 1.10 bits per heavy atom. The summed E-state index contributed by atoms with van der Waals surface area (Å²) in [5, 5.41) is 23.3. The molecule has 0 aromatic heterocycles. The molecule has 3 heteroatoms. The molecule has 4 rings (SSSR count). The molecule has 1 heterocycles. The summed E-state index contributed by atoms with van der Waals surface area (Å²) in [4.78, 5) is 0. The van der Waals surface area contributed by atoms with Crippen LogP contribution in [0.15, 0.2) is 30.3 Å². The fourth-order valence-electron chi connectivity index (χ4n) is 3.93. The molecule has 2 aromatic rings. The zero-order valence-electron chi connectivity index (χ0n) is 12.1. The summed E-state index contributed by atoms with van der Waals surface area (Å²) in [5.74, 6) is 0.235. The Morgan fingerprint density at radius 2 is 1.90 bits per heavy atom. The summed E-state index contributed by atoms with van der Waals surface area (Å²) >= 11 is 0. The minimum absolute atomic E-state index is 0.0135. The van der Waals surface area contributed by atoms with Crippen LogP contribution in [-0.4, -0.2) is 16.3 Å². The molecule has 3 N–H and O–H groups in total. The van der Waals surface area contributed by atoms with E-state index in [0.717, 1.165) is 30.5 Å². The van der Waals surface area contributed by atoms with Gasteiger partial charge in [0.15, 0.2) is 11.5 Å². The number of aromatic hydroxyl groups is 2. The van der Waals surface area contributed by atoms with E-state index in [-0.39, 0.29) is 17.4 Å². The highest BCUT2D eigenvalue weighted by Crippen LogP contribution is 2.44. The van der Waals surface area contributed by atoms with Gasteiger partial charge in [-0.15, -0.1) is 0 Å². The first-order valence-corrected chi connectivity index (χ1v) is 7.51. The minimum Gasteiger partial charge on any atom is -0.504 e. The maximum atomic E-state index is 9.90. The molecule has 2 atom stereocenters. The van der Waals surface area contributed by atoms with Gasteiger partial charge in [0.25, 0.3) is 0 Å². The van der Waals surface area contributed by atoms with E-state index in [1.165, 1.54) is 16.7 Å². The van der Waals surface area contributed by atoms with E-state index < -0.39 is 0 Å². The number of nitrogens with one attached hydrogen (secondary N) is 1. The Kier molecular flexibility index (Phi) is 2.73. The minimum atomic E-state index is -0.0193. The lowest BCUT2D eigenvalue weighted by Gasteiger charge is -2.40. The van der Waals surface area contributed by atoms with Crippen LogP contribution in [0.2, 0.25) is 0 Å². The van der Waals surface area contributed by atoms with Crippen molar-refractivity contribution in [2.45, 2.75) is 38.3 Å². The maximum absolute atomic E-state index is 9.90. The molecule has 0 unspecified atom stereocenters. The highest BCUT2D eigenvalue weighted by Gasteiger charge is 2.35. The van der Waals surface area contributed by atoms with Crippen molar-refractivity contribution >= 4 is 0 Å². The Bertz CT molecular complexity index is 723. The predicted molar refractivity (Wildman–Crippen MR) is 81.7 cm³/mol. The first-order chi connectivity index (χ1) is 10.1. The molecule has 21 heavy (non-hydrogen) atoms. The second-order valence-corrected chi connectivity index (χ2v) is 6.19. The quantitative estimate of drug-likeness (QED) is 0.651. The van der Waals surface area contributed by atoms with E-state index in [2.05, 4.69) is 30.4 Å². The van der Waals surface area contributed by atoms with Gasteiger partial charge in [0, 0.05) is 18.5 Å². The molecule has 3 nitrogen and oxygen atoms in total. The Balaban J connectivity index is 1.93. The van der Waals surface area contributed by atoms with Crippen molar-refractivity contribution in [2.75, 3.05) is 0 Å². The van der Waals surface area contributed by atoms with E-state index in [1.807, 2.05) is 0 Å². The molecule has 0 fully saturated rings. The lowest BCUT2D eigenvalue weighted by Crippen LogP contribution is -2.42. The Labute approximate surface area is 124 Å². The molecule has 0 radical (unpaired) electrons. The SMILES string of the molecule is Cc1cccc2c1CN[C@@H]1CCc3cc(O)c(O)cc3[C@H]21. The number of phenols is 2. The second kappa shape index (κ2) is 4.50. The van der Waals surface area contributed by atoms with E-state index >= 15 is 0 Å². The van der Waals surface area contributed by atoms with Crippen LogP contribution in [0.25, 0.3) is 0 Å². The third kappa shape index (κ3) is 1.84. The molecule has 0 saturated heterocycles. The topological polar surface area (TPSA) is 52.5 Å². The largest absolute Gasteiger partial charge is 0.504 e. The number of benzene rings is 2. The lowest BCUT2D eigenvalue weighted by molar-refractivity contribution is 0.379.